The van der Waals surface area contributed by atoms with Gasteiger partial charge in [0.15, 0.2) is 23.9 Å². The zero-order chi connectivity index (χ0) is 21.0. The van der Waals surface area contributed by atoms with E-state index in [2.05, 4.69) is 15.2 Å². The first-order valence-corrected chi connectivity index (χ1v) is 8.46. The lowest BCUT2D eigenvalue weighted by Crippen LogP contribution is -2.05. The number of ether oxygens (including phenoxy) is 4. The highest BCUT2D eigenvalue weighted by molar-refractivity contribution is 5.97. The molecule has 0 saturated carbocycles. The van der Waals surface area contributed by atoms with Crippen molar-refractivity contribution in [1.29, 1.82) is 0 Å². The SMILES string of the molecule is COc1cc(-c2nnc(COC(=O)c3cc(C(C)=O)c[nH]3)o2)cc(OC)c1OC. The number of carbonyl (C=O) groups excluding carboxylic acids is 2. The van der Waals surface area contributed by atoms with E-state index in [0.29, 0.717) is 28.4 Å². The summed E-state index contributed by atoms with van der Waals surface area (Å²) in [4.78, 5) is 26.1. The van der Waals surface area contributed by atoms with Gasteiger partial charge in [-0.05, 0) is 25.1 Å². The van der Waals surface area contributed by atoms with Gasteiger partial charge in [-0.2, -0.15) is 0 Å². The molecule has 152 valence electrons. The van der Waals surface area contributed by atoms with Gasteiger partial charge < -0.3 is 28.3 Å². The number of carbonyl (C=O) groups is 2. The summed E-state index contributed by atoms with van der Waals surface area (Å²) in [6, 6.07) is 4.74. The highest BCUT2D eigenvalue weighted by Gasteiger charge is 2.18. The molecular formula is C19H19N3O7. The first kappa shape index (κ1) is 19.9. The first-order chi connectivity index (χ1) is 14.0. The smallest absolute Gasteiger partial charge is 0.355 e. The summed E-state index contributed by atoms with van der Waals surface area (Å²) in [5.74, 6) is 0.775. The Labute approximate surface area is 165 Å². The molecule has 3 rings (SSSR count). The Morgan fingerprint density at radius 1 is 1.03 bits per heavy atom. The number of ketones is 1. The average molecular weight is 401 g/mol. The number of benzene rings is 1. The van der Waals surface area contributed by atoms with Crippen molar-refractivity contribution in [2.75, 3.05) is 21.3 Å². The number of nitrogens with one attached hydrogen (secondary N) is 1. The molecule has 0 saturated heterocycles. The second-order valence-corrected chi connectivity index (χ2v) is 5.85. The third-order valence-corrected chi connectivity index (χ3v) is 4.01. The van der Waals surface area contributed by atoms with Crippen molar-refractivity contribution >= 4 is 11.8 Å². The van der Waals surface area contributed by atoms with Gasteiger partial charge in [0, 0.05) is 17.3 Å². The average Bonchev–Trinajstić information content (AvgIpc) is 3.40. The number of Topliss-reactive ketones (excluding diaryl/α,β-unsaturated/α-hetero) is 1. The number of H-pyrrole nitrogens is 1. The molecule has 0 spiro atoms. The minimum absolute atomic E-state index is 0.0976. The second kappa shape index (κ2) is 8.46. The number of methoxy groups -OCH3 is 3. The maximum absolute atomic E-state index is 12.1. The van der Waals surface area contributed by atoms with E-state index in [9.17, 15) is 9.59 Å². The van der Waals surface area contributed by atoms with Crippen molar-refractivity contribution in [2.45, 2.75) is 13.5 Å². The number of nitrogens with zero attached hydrogens (tertiary/aromatic N) is 2. The van der Waals surface area contributed by atoms with Crippen LogP contribution in [0.15, 0.2) is 28.8 Å². The van der Waals surface area contributed by atoms with Crippen LogP contribution in [0.1, 0.15) is 33.7 Å². The summed E-state index contributed by atoms with van der Waals surface area (Å²) in [6.45, 7) is 1.17. The van der Waals surface area contributed by atoms with Crippen LogP contribution in [0.2, 0.25) is 0 Å². The third-order valence-electron chi connectivity index (χ3n) is 4.01. The molecule has 2 aromatic heterocycles. The molecule has 0 atom stereocenters. The number of hydrogen-bond acceptors (Lipinski definition) is 9. The Hall–Kier alpha value is -3.82. The summed E-state index contributed by atoms with van der Waals surface area (Å²) in [7, 11) is 4.50. The van der Waals surface area contributed by atoms with E-state index in [1.165, 1.54) is 40.5 Å². The van der Waals surface area contributed by atoms with Crippen LogP contribution in [-0.4, -0.2) is 48.3 Å². The molecular weight excluding hydrogens is 382 g/mol. The summed E-state index contributed by atoms with van der Waals surface area (Å²) >= 11 is 0. The van der Waals surface area contributed by atoms with E-state index in [4.69, 9.17) is 23.4 Å². The normalized spacial score (nSPS) is 10.5. The fourth-order valence-electron chi connectivity index (χ4n) is 2.55. The molecule has 0 aliphatic carbocycles. The predicted octanol–water partition coefficient (Wildman–Crippen LogP) is 2.65. The standard InChI is InChI=1S/C19H19N3O7/c1-10(23)12-5-13(20-8-12)19(24)28-9-16-21-22-18(29-16)11-6-14(25-2)17(27-4)15(7-11)26-3/h5-8,20H,9H2,1-4H3. The fraction of sp³-hybridized carbons (Fsp3) is 0.263. The maximum Gasteiger partial charge on any atom is 0.355 e. The van der Waals surface area contributed by atoms with Gasteiger partial charge in [-0.25, -0.2) is 4.79 Å². The Bertz CT molecular complexity index is 1010. The van der Waals surface area contributed by atoms with Crippen LogP contribution in [0.5, 0.6) is 17.2 Å². The molecule has 10 heteroatoms. The largest absolute Gasteiger partial charge is 0.493 e. The van der Waals surface area contributed by atoms with E-state index in [-0.39, 0.29) is 29.9 Å². The van der Waals surface area contributed by atoms with Crippen LogP contribution >= 0.6 is 0 Å². The van der Waals surface area contributed by atoms with Gasteiger partial charge >= 0.3 is 5.97 Å². The summed E-state index contributed by atoms with van der Waals surface area (Å²) < 4.78 is 26.6. The van der Waals surface area contributed by atoms with E-state index >= 15 is 0 Å². The Kier molecular flexibility index (Phi) is 5.82. The molecule has 0 radical (unpaired) electrons. The molecule has 10 nitrogen and oxygen atoms in total. The van der Waals surface area contributed by atoms with E-state index < -0.39 is 5.97 Å². The van der Waals surface area contributed by atoms with Crippen molar-refractivity contribution in [2.24, 2.45) is 0 Å². The van der Waals surface area contributed by atoms with Gasteiger partial charge in [0.05, 0.1) is 21.3 Å². The van der Waals surface area contributed by atoms with Crippen molar-refractivity contribution in [3.63, 3.8) is 0 Å². The molecule has 0 aliphatic rings. The van der Waals surface area contributed by atoms with Crippen molar-refractivity contribution in [1.82, 2.24) is 15.2 Å². The second-order valence-electron chi connectivity index (χ2n) is 5.85. The lowest BCUT2D eigenvalue weighted by atomic mass is 10.2. The van der Waals surface area contributed by atoms with Crippen LogP contribution in [0.4, 0.5) is 0 Å². The lowest BCUT2D eigenvalue weighted by Gasteiger charge is -2.12. The summed E-state index contributed by atoms with van der Waals surface area (Å²) in [5.41, 5.74) is 1.08. The maximum atomic E-state index is 12.1. The van der Waals surface area contributed by atoms with Crippen LogP contribution in [0.3, 0.4) is 0 Å². The van der Waals surface area contributed by atoms with E-state index in [0.717, 1.165) is 0 Å². The van der Waals surface area contributed by atoms with Crippen LogP contribution < -0.4 is 14.2 Å². The number of hydrogen-bond donors (Lipinski definition) is 1. The molecule has 0 bridgehead atoms. The Morgan fingerprint density at radius 3 is 2.28 bits per heavy atom. The molecule has 0 aliphatic heterocycles. The monoisotopic (exact) mass is 401 g/mol. The molecule has 29 heavy (non-hydrogen) atoms. The Balaban J connectivity index is 1.73. The van der Waals surface area contributed by atoms with Gasteiger partial charge in [-0.1, -0.05) is 0 Å². The van der Waals surface area contributed by atoms with Crippen molar-refractivity contribution in [3.8, 4) is 28.7 Å². The van der Waals surface area contributed by atoms with Crippen molar-refractivity contribution < 1.29 is 33.0 Å². The summed E-state index contributed by atoms with van der Waals surface area (Å²) in [5, 5.41) is 7.83. The third kappa shape index (κ3) is 4.21. The minimum Gasteiger partial charge on any atom is -0.493 e. The fourth-order valence-corrected chi connectivity index (χ4v) is 2.55. The zero-order valence-corrected chi connectivity index (χ0v) is 16.3. The van der Waals surface area contributed by atoms with Gasteiger partial charge in [0.25, 0.3) is 5.89 Å². The minimum atomic E-state index is -0.648. The van der Waals surface area contributed by atoms with Gasteiger partial charge in [-0.3, -0.25) is 4.79 Å². The Morgan fingerprint density at radius 2 is 1.72 bits per heavy atom. The molecule has 0 amide bonds. The zero-order valence-electron chi connectivity index (χ0n) is 16.3. The molecule has 3 aromatic rings. The van der Waals surface area contributed by atoms with Gasteiger partial charge in [0.1, 0.15) is 5.69 Å². The highest BCUT2D eigenvalue weighted by Crippen LogP contribution is 2.40. The lowest BCUT2D eigenvalue weighted by molar-refractivity contribution is 0.0432. The predicted molar refractivity (Wildman–Crippen MR) is 99.3 cm³/mol. The molecule has 0 unspecified atom stereocenters. The van der Waals surface area contributed by atoms with Gasteiger partial charge in [0.2, 0.25) is 11.6 Å². The number of esters is 1. The van der Waals surface area contributed by atoms with Crippen LogP contribution in [0, 0.1) is 0 Å². The van der Waals surface area contributed by atoms with E-state index in [1.54, 1.807) is 12.1 Å². The number of aromatic nitrogens is 3. The van der Waals surface area contributed by atoms with Gasteiger partial charge in [-0.15, -0.1) is 10.2 Å². The first-order valence-electron chi connectivity index (χ1n) is 8.46. The molecule has 1 aromatic carbocycles. The topological polar surface area (TPSA) is 126 Å². The quantitative estimate of drug-likeness (QED) is 0.448. The van der Waals surface area contributed by atoms with Crippen LogP contribution in [-0.2, 0) is 11.3 Å². The summed E-state index contributed by atoms with van der Waals surface area (Å²) in [6.07, 6.45) is 1.44. The van der Waals surface area contributed by atoms with Crippen LogP contribution in [0.25, 0.3) is 11.5 Å². The molecule has 0 fully saturated rings. The van der Waals surface area contributed by atoms with E-state index in [1.807, 2.05) is 0 Å². The number of rotatable bonds is 8. The number of aromatic amines is 1. The van der Waals surface area contributed by atoms with Crippen molar-refractivity contribution in [3.05, 3.63) is 41.5 Å². The molecule has 2 heterocycles. The highest BCUT2D eigenvalue weighted by atomic mass is 16.5. The molecule has 1 N–H and O–H groups in total.